The summed E-state index contributed by atoms with van der Waals surface area (Å²) >= 11 is 0. The van der Waals surface area contributed by atoms with E-state index >= 15 is 0 Å². The molecule has 0 aliphatic rings. The summed E-state index contributed by atoms with van der Waals surface area (Å²) in [5.74, 6) is -20.0. The van der Waals surface area contributed by atoms with E-state index in [0.717, 1.165) is 31.4 Å². The molecule has 28 heavy (non-hydrogen) atoms. The van der Waals surface area contributed by atoms with Crippen LogP contribution in [0.15, 0.2) is 24.3 Å². The van der Waals surface area contributed by atoms with Gasteiger partial charge in [0.25, 0.3) is 0 Å². The summed E-state index contributed by atoms with van der Waals surface area (Å²) in [5.41, 5.74) is -0.498. The van der Waals surface area contributed by atoms with Crippen LogP contribution in [0.1, 0.15) is 20.7 Å². The van der Waals surface area contributed by atoms with Gasteiger partial charge in [-0.1, -0.05) is 0 Å². The quantitative estimate of drug-likeness (QED) is 0.365. The van der Waals surface area contributed by atoms with Crippen LogP contribution in [0.5, 0.6) is 0 Å². The number of hydrogen-bond acceptors (Lipinski definition) is 5. The third kappa shape index (κ3) is 5.46. The van der Waals surface area contributed by atoms with Crippen molar-refractivity contribution in [3.63, 3.8) is 0 Å². The van der Waals surface area contributed by atoms with Gasteiger partial charge in [-0.3, -0.25) is 4.57 Å². The van der Waals surface area contributed by atoms with Gasteiger partial charge in [-0.15, -0.1) is 0 Å². The van der Waals surface area contributed by atoms with E-state index < -0.39 is 55.6 Å². The molecule has 0 aliphatic heterocycles. The maximum absolute atomic E-state index is 13.5. The number of alkyl halides is 6. The Kier molecular flexibility index (Phi) is 6.92. The van der Waals surface area contributed by atoms with Crippen molar-refractivity contribution in [2.24, 2.45) is 0 Å². The SMILES string of the molecule is COC(=O)c1ccc(C(=O)OCC(F)(F)C(F)(F)C(F)(F)CP(=O)(O)O)cc1. The highest BCUT2D eigenvalue weighted by atomic mass is 31.2. The van der Waals surface area contributed by atoms with Gasteiger partial charge in [0.2, 0.25) is 0 Å². The minimum atomic E-state index is -6.23. The Morgan fingerprint density at radius 2 is 1.36 bits per heavy atom. The van der Waals surface area contributed by atoms with Crippen molar-refractivity contribution in [2.75, 3.05) is 19.9 Å². The van der Waals surface area contributed by atoms with Gasteiger partial charge in [0, 0.05) is 0 Å². The first-order chi connectivity index (χ1) is 12.5. The summed E-state index contributed by atoms with van der Waals surface area (Å²) in [4.78, 5) is 39.6. The number of rotatable bonds is 8. The van der Waals surface area contributed by atoms with Crippen LogP contribution in [0, 0.1) is 0 Å². The van der Waals surface area contributed by atoms with Crippen molar-refractivity contribution in [1.29, 1.82) is 0 Å². The number of carbonyl (C=O) groups excluding carboxylic acids is 2. The van der Waals surface area contributed by atoms with Crippen molar-refractivity contribution in [2.45, 2.75) is 17.8 Å². The second-order valence-electron chi connectivity index (χ2n) is 5.45. The molecule has 0 unspecified atom stereocenters. The van der Waals surface area contributed by atoms with Crippen LogP contribution in [-0.4, -0.2) is 59.4 Å². The van der Waals surface area contributed by atoms with Gasteiger partial charge in [0.1, 0.15) is 6.16 Å². The number of benzene rings is 1. The lowest BCUT2D eigenvalue weighted by Crippen LogP contribution is -2.57. The Bertz CT molecular complexity index is 775. The first-order valence-electron chi connectivity index (χ1n) is 7.07. The average molecular weight is 438 g/mol. The predicted octanol–water partition coefficient (Wildman–Crippen LogP) is 2.71. The summed E-state index contributed by atoms with van der Waals surface area (Å²) in [6.07, 6.45) is -2.83. The second-order valence-corrected chi connectivity index (χ2v) is 7.10. The van der Waals surface area contributed by atoms with E-state index in [4.69, 9.17) is 9.79 Å². The fraction of sp³-hybridized carbons (Fsp3) is 0.429. The van der Waals surface area contributed by atoms with E-state index in [1.807, 2.05) is 0 Å². The highest BCUT2D eigenvalue weighted by Gasteiger charge is 2.73. The molecular formula is C14H13F6O7P. The van der Waals surface area contributed by atoms with Crippen molar-refractivity contribution < 1.29 is 59.8 Å². The fourth-order valence-electron chi connectivity index (χ4n) is 1.82. The van der Waals surface area contributed by atoms with Crippen LogP contribution >= 0.6 is 7.60 Å². The van der Waals surface area contributed by atoms with E-state index in [9.17, 15) is 40.5 Å². The largest absolute Gasteiger partial charge is 0.465 e. The molecule has 0 aliphatic carbocycles. The van der Waals surface area contributed by atoms with Gasteiger partial charge in [-0.2, -0.15) is 26.3 Å². The normalized spacial score (nSPS) is 13.2. The topological polar surface area (TPSA) is 110 Å². The van der Waals surface area contributed by atoms with Crippen LogP contribution in [-0.2, 0) is 14.0 Å². The molecule has 2 N–H and O–H groups in total. The van der Waals surface area contributed by atoms with Gasteiger partial charge >= 0.3 is 37.3 Å². The molecule has 1 rings (SSSR count). The maximum atomic E-state index is 13.5. The Hall–Kier alpha value is -2.11. The summed E-state index contributed by atoms with van der Waals surface area (Å²) in [5, 5.41) is 0. The summed E-state index contributed by atoms with van der Waals surface area (Å²) in [6, 6.07) is 3.88. The number of ether oxygens (including phenoxy) is 2. The molecule has 0 atom stereocenters. The smallest absolute Gasteiger partial charge is 0.376 e. The number of halogens is 6. The van der Waals surface area contributed by atoms with Crippen LogP contribution in [0.2, 0.25) is 0 Å². The van der Waals surface area contributed by atoms with Crippen molar-refractivity contribution in [1.82, 2.24) is 0 Å². The number of hydrogen-bond donors (Lipinski definition) is 2. The van der Waals surface area contributed by atoms with Gasteiger partial charge in [0.05, 0.1) is 18.2 Å². The first-order valence-corrected chi connectivity index (χ1v) is 8.87. The van der Waals surface area contributed by atoms with Crippen LogP contribution in [0.3, 0.4) is 0 Å². The Morgan fingerprint density at radius 1 is 0.929 bits per heavy atom. The summed E-state index contributed by atoms with van der Waals surface area (Å²) in [7, 11) is -4.70. The highest BCUT2D eigenvalue weighted by Crippen LogP contribution is 2.52. The molecule has 0 radical (unpaired) electrons. The first kappa shape index (κ1) is 23.9. The van der Waals surface area contributed by atoms with Crippen LogP contribution < -0.4 is 0 Å². The maximum Gasteiger partial charge on any atom is 0.376 e. The monoisotopic (exact) mass is 438 g/mol. The lowest BCUT2D eigenvalue weighted by atomic mass is 10.1. The fourth-order valence-corrected chi connectivity index (χ4v) is 2.53. The van der Waals surface area contributed by atoms with Crippen molar-refractivity contribution in [3.05, 3.63) is 35.4 Å². The molecule has 0 heterocycles. The van der Waals surface area contributed by atoms with Gasteiger partial charge in [-0.05, 0) is 24.3 Å². The minimum absolute atomic E-state index is 0.0343. The molecule has 1 aromatic carbocycles. The Labute approximate surface area is 153 Å². The minimum Gasteiger partial charge on any atom is -0.465 e. The zero-order chi connectivity index (χ0) is 22.0. The molecular weight excluding hydrogens is 425 g/mol. The molecule has 0 saturated heterocycles. The van der Waals surface area contributed by atoms with E-state index in [2.05, 4.69) is 9.47 Å². The molecule has 0 bridgehead atoms. The van der Waals surface area contributed by atoms with Gasteiger partial charge in [0.15, 0.2) is 6.61 Å². The van der Waals surface area contributed by atoms with Crippen LogP contribution in [0.4, 0.5) is 26.3 Å². The van der Waals surface area contributed by atoms with E-state index in [0.29, 0.717) is 0 Å². The molecule has 0 saturated carbocycles. The Balaban J connectivity index is 2.90. The van der Waals surface area contributed by atoms with Crippen molar-refractivity contribution in [3.8, 4) is 0 Å². The highest BCUT2D eigenvalue weighted by molar-refractivity contribution is 7.51. The zero-order valence-electron chi connectivity index (χ0n) is 13.9. The standard InChI is InChI=1S/C14H13F6O7P/c1-26-10(21)8-2-4-9(5-3-8)11(22)27-6-12(15,16)14(19,20)13(17,18)7-28(23,24)25/h2-5H,6-7H2,1H3,(H2,23,24,25). The average Bonchev–Trinajstić information content (AvgIpc) is 2.56. The summed E-state index contributed by atoms with van der Waals surface area (Å²) in [6.45, 7) is -2.49. The Morgan fingerprint density at radius 3 is 1.75 bits per heavy atom. The summed E-state index contributed by atoms with van der Waals surface area (Å²) < 4.78 is 99.3. The lowest BCUT2D eigenvalue weighted by molar-refractivity contribution is -0.309. The van der Waals surface area contributed by atoms with Crippen LogP contribution in [0.25, 0.3) is 0 Å². The number of carbonyl (C=O) groups is 2. The number of methoxy groups -OCH3 is 1. The number of esters is 2. The molecule has 0 fully saturated rings. The molecule has 0 aromatic heterocycles. The van der Waals surface area contributed by atoms with E-state index in [-0.39, 0.29) is 5.56 Å². The molecule has 158 valence electrons. The lowest BCUT2D eigenvalue weighted by Gasteiger charge is -2.32. The second kappa shape index (κ2) is 8.10. The molecule has 1 aromatic rings. The molecule has 14 heteroatoms. The van der Waals surface area contributed by atoms with E-state index in [1.54, 1.807) is 0 Å². The third-order valence-electron chi connectivity index (χ3n) is 3.25. The van der Waals surface area contributed by atoms with E-state index in [1.165, 1.54) is 0 Å². The van der Waals surface area contributed by atoms with Crippen molar-refractivity contribution >= 4 is 19.5 Å². The molecule has 0 amide bonds. The predicted molar refractivity (Wildman–Crippen MR) is 79.8 cm³/mol. The van der Waals surface area contributed by atoms with Gasteiger partial charge in [-0.25, -0.2) is 9.59 Å². The molecule has 7 nitrogen and oxygen atoms in total. The zero-order valence-corrected chi connectivity index (χ0v) is 14.8. The van der Waals surface area contributed by atoms with Gasteiger partial charge < -0.3 is 19.3 Å². The third-order valence-corrected chi connectivity index (χ3v) is 4.06. The molecule has 0 spiro atoms.